The number of aliphatic carboxylic acids is 4. The molecular formula is C109H216O10. The molecule has 6 N–H and O–H groups in total. The highest BCUT2D eigenvalue weighted by molar-refractivity contribution is 5.67. The van der Waals surface area contributed by atoms with Crippen LogP contribution in [0.15, 0.2) is 36.5 Å². The van der Waals surface area contributed by atoms with Crippen molar-refractivity contribution in [2.75, 3.05) is 13.2 Å². The van der Waals surface area contributed by atoms with Crippen molar-refractivity contribution in [2.24, 2.45) is 23.7 Å². The van der Waals surface area contributed by atoms with E-state index < -0.39 is 23.9 Å². The van der Waals surface area contributed by atoms with Crippen molar-refractivity contribution in [1.29, 1.82) is 0 Å². The van der Waals surface area contributed by atoms with Crippen molar-refractivity contribution in [1.82, 2.24) is 0 Å². The third kappa shape index (κ3) is 115. The first-order valence-electron chi connectivity index (χ1n) is 52.9. The summed E-state index contributed by atoms with van der Waals surface area (Å²) in [7, 11) is 0. The van der Waals surface area contributed by atoms with Crippen LogP contribution in [0.1, 0.15) is 603 Å². The van der Waals surface area contributed by atoms with Crippen LogP contribution in [0.2, 0.25) is 0 Å². The van der Waals surface area contributed by atoms with E-state index in [2.05, 4.69) is 78.0 Å². The number of hydrogen-bond acceptors (Lipinski definition) is 6. The Morgan fingerprint density at radius 1 is 0.193 bits per heavy atom. The quantitative estimate of drug-likeness (QED) is 0.0252. The third-order valence-electron chi connectivity index (χ3n) is 24.9. The van der Waals surface area contributed by atoms with Crippen LogP contribution in [0.3, 0.4) is 0 Å². The van der Waals surface area contributed by atoms with Crippen LogP contribution in [0, 0.1) is 23.7 Å². The molecule has 0 saturated heterocycles. The number of unbranched alkanes of at least 4 members (excludes halogenated alkanes) is 61. The minimum Gasteiger partial charge on any atom is -0.481 e. The lowest BCUT2D eigenvalue weighted by Gasteiger charge is -2.28. The predicted molar refractivity (Wildman–Crippen MR) is 526 cm³/mol. The molecule has 0 bridgehead atoms. The molecule has 10 nitrogen and oxygen atoms in total. The summed E-state index contributed by atoms with van der Waals surface area (Å²) in [4.78, 5) is 42.2. The van der Waals surface area contributed by atoms with Crippen LogP contribution < -0.4 is 0 Å². The molecule has 0 aliphatic rings. The molecule has 0 radical (unpaired) electrons. The predicted octanol–water partition coefficient (Wildman–Crippen LogP) is 37.0. The molecule has 712 valence electrons. The van der Waals surface area contributed by atoms with E-state index in [-0.39, 0.29) is 8.85 Å². The lowest BCUT2D eigenvalue weighted by molar-refractivity contribution is -0.138. The van der Waals surface area contributed by atoms with Crippen LogP contribution in [-0.4, -0.2) is 67.7 Å². The van der Waals surface area contributed by atoms with Gasteiger partial charge < -0.3 is 30.6 Å². The van der Waals surface area contributed by atoms with Crippen molar-refractivity contribution in [3.05, 3.63) is 36.5 Å². The summed E-state index contributed by atoms with van der Waals surface area (Å²) >= 11 is 0. The lowest BCUT2D eigenvalue weighted by Crippen LogP contribution is -2.16. The minimum atomic E-state index is -0.671. The topological polar surface area (TPSA) is 190 Å². The van der Waals surface area contributed by atoms with Gasteiger partial charge in [-0.25, -0.2) is 0 Å². The highest BCUT2D eigenvalue weighted by Gasteiger charge is 2.23. The van der Waals surface area contributed by atoms with Gasteiger partial charge in [0.1, 0.15) is 0 Å². The third-order valence-corrected chi connectivity index (χ3v) is 24.9. The van der Waals surface area contributed by atoms with Crippen LogP contribution in [0.4, 0.5) is 0 Å². The molecule has 119 heavy (non-hydrogen) atoms. The van der Waals surface area contributed by atoms with E-state index in [1.54, 1.807) is 0 Å². The number of carbonyl (C=O) groups is 4. The summed E-state index contributed by atoms with van der Waals surface area (Å²) in [5.41, 5.74) is 0. The van der Waals surface area contributed by atoms with E-state index in [0.717, 1.165) is 101 Å². The number of aliphatic hydroxyl groups is 2. The Kier molecular flexibility index (Phi) is 118. The first kappa shape index (κ1) is 125. The second kappa shape index (κ2) is 113. The molecule has 0 amide bonds. The minimum absolute atomic E-state index is 0. The normalized spacial score (nSPS) is 12.4. The first-order chi connectivity index (χ1) is 57.8. The van der Waals surface area contributed by atoms with Crippen molar-refractivity contribution < 1.29 is 51.2 Å². The molecular weight excluding hydrogens is 1470 g/mol. The van der Waals surface area contributed by atoms with Gasteiger partial charge in [-0.05, 0) is 120 Å². The molecule has 10 heteroatoms. The fourth-order valence-electron chi connectivity index (χ4n) is 17.2. The molecule has 0 aliphatic carbocycles. The number of rotatable bonds is 95. The SMILES string of the molecule is C.CCCCC/C=C\C/C=C\CCCCCCCC(=O)O.CCCCCCCC/C=C\CCCCCCCC(=O)O.CCCCCCCCCC(CCCCCCCC(=O)O)C(CCCCCCCC)CCCCCCCCC(=O)O.CCCCCCCCCC(CCCCCCCCO)C(CCCCCCCC)CCCCCCCCCO.[HH]. The van der Waals surface area contributed by atoms with Gasteiger partial charge in [0.25, 0.3) is 0 Å². The second-order valence-corrected chi connectivity index (χ2v) is 36.5. The zero-order valence-corrected chi connectivity index (χ0v) is 80.3. The molecule has 4 unspecified atom stereocenters. The standard InChI is InChI=1S/C36H70O4.C36H74O2.C18H34O2.C18H32O2.CH4.H2/c1-3-5-7-9-11-16-22-28-34(30-24-18-14-20-26-32-36(39)40)33(27-21-15-10-8-6-4-2)29-23-17-12-13-19-25-31-35(37)38;1-3-5-7-9-12-18-24-30-36(32-26-20-14-16-22-28-34-38)35(29-23-17-10-8-6-4-2)31-25-19-13-11-15-21-27-33-37;2*1-2-3-4-5-6-7-8-9-10-11-12-13-14-15-16-17-18(19)20;;/h33-34H,3-32H2,1-2H3,(H,37,38)(H,39,40);35-38H,3-34H2,1-2H3;9-10H,2-8,11-17H2,1H3,(H,19,20);6-7,9-10H,2-5,8,11-17H2,1H3,(H,19,20);1H4;1H/b;;10-9-;7-6-,10-9-;;. The fraction of sp³-hybridized carbons (Fsp3) is 0.908. The Labute approximate surface area is 745 Å². The number of aliphatic hydroxyl groups excluding tert-OH is 2. The Morgan fingerprint density at radius 2 is 0.328 bits per heavy atom. The number of carboxylic acids is 4. The molecule has 0 aromatic carbocycles. The average molecular weight is 1690 g/mol. The van der Waals surface area contributed by atoms with Crippen LogP contribution >= 0.6 is 0 Å². The molecule has 0 rings (SSSR count). The van der Waals surface area contributed by atoms with Crippen molar-refractivity contribution in [3.63, 3.8) is 0 Å². The molecule has 0 heterocycles. The molecule has 0 fully saturated rings. The van der Waals surface area contributed by atoms with E-state index in [1.807, 2.05) is 0 Å². The summed E-state index contributed by atoms with van der Waals surface area (Å²) in [6.45, 7) is 14.4. The highest BCUT2D eigenvalue weighted by Crippen LogP contribution is 2.36. The first-order valence-corrected chi connectivity index (χ1v) is 52.9. The maximum atomic E-state index is 10.8. The highest BCUT2D eigenvalue weighted by atomic mass is 16.4. The molecule has 4 atom stereocenters. The molecule has 0 aromatic rings. The van der Waals surface area contributed by atoms with Crippen LogP contribution in [-0.2, 0) is 19.2 Å². The van der Waals surface area contributed by atoms with Crippen LogP contribution in [0.5, 0.6) is 0 Å². The van der Waals surface area contributed by atoms with Crippen molar-refractivity contribution in [3.8, 4) is 0 Å². The van der Waals surface area contributed by atoms with Crippen molar-refractivity contribution >= 4 is 23.9 Å². The van der Waals surface area contributed by atoms with Gasteiger partial charge in [0.2, 0.25) is 0 Å². The van der Waals surface area contributed by atoms with E-state index in [4.69, 9.17) is 30.6 Å². The summed E-state index contributed by atoms with van der Waals surface area (Å²) in [6.07, 6.45) is 122. The van der Waals surface area contributed by atoms with E-state index >= 15 is 0 Å². The number of allylic oxidation sites excluding steroid dienone is 6. The van der Waals surface area contributed by atoms with E-state index in [1.165, 1.54) is 449 Å². The lowest BCUT2D eigenvalue weighted by atomic mass is 9.78. The van der Waals surface area contributed by atoms with E-state index in [0.29, 0.717) is 38.9 Å². The zero-order valence-electron chi connectivity index (χ0n) is 80.3. The van der Waals surface area contributed by atoms with Gasteiger partial charge in [-0.1, -0.05) is 516 Å². The average Bonchev–Trinajstić information content (AvgIpc) is 0.920. The summed E-state index contributed by atoms with van der Waals surface area (Å²) in [6, 6.07) is 0. The molecule has 0 aliphatic heterocycles. The molecule has 0 aromatic heterocycles. The molecule has 0 saturated carbocycles. The smallest absolute Gasteiger partial charge is 0.303 e. The van der Waals surface area contributed by atoms with Crippen LogP contribution in [0.25, 0.3) is 0 Å². The maximum Gasteiger partial charge on any atom is 0.303 e. The van der Waals surface area contributed by atoms with E-state index in [9.17, 15) is 19.2 Å². The summed E-state index contributed by atoms with van der Waals surface area (Å²) < 4.78 is 0. The Balaban J connectivity index is -0.000000376. The van der Waals surface area contributed by atoms with Gasteiger partial charge in [0.05, 0.1) is 0 Å². The summed E-state index contributed by atoms with van der Waals surface area (Å²) in [5.74, 6) is 0.996. The van der Waals surface area contributed by atoms with Gasteiger partial charge in [-0.15, -0.1) is 0 Å². The largest absolute Gasteiger partial charge is 0.481 e. The Bertz CT molecular complexity index is 1990. The second-order valence-electron chi connectivity index (χ2n) is 36.5. The van der Waals surface area contributed by atoms with Gasteiger partial charge in [0.15, 0.2) is 0 Å². The summed E-state index contributed by atoms with van der Waals surface area (Å²) in [5, 5.41) is 52.8. The van der Waals surface area contributed by atoms with Gasteiger partial charge >= 0.3 is 23.9 Å². The molecule has 0 spiro atoms. The number of carboxylic acid groups (broad SMARTS) is 4. The number of hydrogen-bond donors (Lipinski definition) is 6. The maximum absolute atomic E-state index is 10.8. The Hall–Kier alpha value is -2.98. The fourth-order valence-corrected chi connectivity index (χ4v) is 17.2. The monoisotopic (exact) mass is 1690 g/mol. The van der Waals surface area contributed by atoms with Gasteiger partial charge in [-0.2, -0.15) is 0 Å². The Morgan fingerprint density at radius 3 is 0.504 bits per heavy atom. The van der Waals surface area contributed by atoms with Crippen molar-refractivity contribution in [2.45, 2.75) is 601 Å². The zero-order chi connectivity index (χ0) is 87.1. The van der Waals surface area contributed by atoms with Gasteiger partial charge in [-0.3, -0.25) is 19.2 Å². The van der Waals surface area contributed by atoms with Gasteiger partial charge in [0, 0.05) is 40.3 Å².